The van der Waals surface area contributed by atoms with Gasteiger partial charge in [0.2, 0.25) is 5.71 Å². The van der Waals surface area contributed by atoms with Crippen LogP contribution in [0.4, 0.5) is 11.4 Å². The second kappa shape index (κ2) is 5.94. The van der Waals surface area contributed by atoms with E-state index in [0.29, 0.717) is 0 Å². The minimum atomic E-state index is -4.76. The van der Waals surface area contributed by atoms with Crippen molar-refractivity contribution in [3.63, 3.8) is 0 Å². The zero-order chi connectivity index (χ0) is 16.2. The molecule has 0 aliphatic rings. The van der Waals surface area contributed by atoms with Crippen molar-refractivity contribution >= 4 is 33.0 Å². The van der Waals surface area contributed by atoms with Crippen molar-refractivity contribution in [3.05, 3.63) is 28.3 Å². The van der Waals surface area contributed by atoms with Crippen LogP contribution in [0.15, 0.2) is 28.2 Å². The fraction of sp³-hybridized carbons (Fsp3) is 0. The van der Waals surface area contributed by atoms with E-state index in [2.05, 4.69) is 10.5 Å². The van der Waals surface area contributed by atoms with Crippen LogP contribution in [0, 0.1) is 26.9 Å². The fourth-order valence-corrected chi connectivity index (χ4v) is 1.85. The molecule has 0 radical (unpaired) electrons. The molecule has 0 amide bonds. The van der Waals surface area contributed by atoms with Crippen LogP contribution in [0.25, 0.3) is 0 Å². The number of hydrazone groups is 1. The minimum absolute atomic E-state index is 0.0388. The number of nitrogens with zero attached hydrogens (tertiary/aromatic N) is 3. The van der Waals surface area contributed by atoms with Gasteiger partial charge in [-0.3, -0.25) is 25.5 Å². The van der Waals surface area contributed by atoms with Crippen LogP contribution in [-0.2, 0) is 10.1 Å². The van der Waals surface area contributed by atoms with E-state index >= 15 is 0 Å². The number of hydrogen-bond donors (Lipinski definition) is 4. The lowest BCUT2D eigenvalue weighted by Crippen LogP contribution is -2.21. The van der Waals surface area contributed by atoms with Crippen LogP contribution in [0.2, 0.25) is 0 Å². The molecule has 0 saturated carbocycles. The lowest BCUT2D eigenvalue weighted by Gasteiger charge is -2.04. The van der Waals surface area contributed by atoms with Crippen LogP contribution < -0.4 is 11.2 Å². The van der Waals surface area contributed by atoms with Crippen molar-refractivity contribution < 1.29 is 17.9 Å². The van der Waals surface area contributed by atoms with Gasteiger partial charge in [-0.25, -0.2) is 0 Å². The average molecular weight is 312 g/mol. The predicted octanol–water partition coefficient (Wildman–Crippen LogP) is 0.0690. The zero-order valence-electron chi connectivity index (χ0n) is 10.1. The Balaban J connectivity index is 3.26. The molecule has 0 bridgehead atoms. The summed E-state index contributed by atoms with van der Waals surface area (Å²) in [6.07, 6.45) is 0. The van der Waals surface area contributed by atoms with E-state index in [9.17, 15) is 18.5 Å². The molecule has 12 heteroatoms. The number of nitrogens with one attached hydrogen (secondary N) is 2. The van der Waals surface area contributed by atoms with Gasteiger partial charge in [0, 0.05) is 6.07 Å². The van der Waals surface area contributed by atoms with E-state index in [1.54, 1.807) is 0 Å². The third-order valence-electron chi connectivity index (χ3n) is 2.09. The fourth-order valence-electron chi connectivity index (χ4n) is 1.21. The second-order valence-electron chi connectivity index (χ2n) is 3.51. The summed E-state index contributed by atoms with van der Waals surface area (Å²) in [6, 6.07) is 4.18. The Bertz CT molecular complexity index is 778. The summed E-state index contributed by atoms with van der Waals surface area (Å²) >= 11 is 0. The summed E-state index contributed by atoms with van der Waals surface area (Å²) < 4.78 is 30.8. The number of nitriles is 1. The van der Waals surface area contributed by atoms with Crippen molar-refractivity contribution in [2.75, 3.05) is 5.43 Å². The Kier molecular flexibility index (Phi) is 4.53. The highest BCUT2D eigenvalue weighted by Crippen LogP contribution is 2.26. The molecule has 0 aromatic heterocycles. The van der Waals surface area contributed by atoms with E-state index < -0.39 is 37.2 Å². The lowest BCUT2D eigenvalue weighted by molar-refractivity contribution is -0.387. The smallest absolute Gasteiger partial charge is 0.301 e. The Morgan fingerprint density at radius 3 is 2.62 bits per heavy atom. The molecule has 110 valence electrons. The molecular formula is C9H8N6O5S. The van der Waals surface area contributed by atoms with E-state index in [1.165, 1.54) is 6.07 Å². The van der Waals surface area contributed by atoms with Gasteiger partial charge in [0.25, 0.3) is 5.69 Å². The topological polar surface area (TPSA) is 196 Å². The molecule has 0 saturated heterocycles. The first-order valence-corrected chi connectivity index (χ1v) is 6.45. The molecule has 1 aromatic rings. The third kappa shape index (κ3) is 3.96. The lowest BCUT2D eigenvalue weighted by atomic mass is 10.3. The molecule has 5 N–H and O–H groups in total. The van der Waals surface area contributed by atoms with Crippen LogP contribution >= 0.6 is 0 Å². The first kappa shape index (κ1) is 16.0. The molecule has 0 aliphatic heterocycles. The molecule has 0 heterocycles. The Hall–Kier alpha value is -3.04. The summed E-state index contributed by atoms with van der Waals surface area (Å²) in [4.78, 5) is 8.90. The molecule has 1 aromatic carbocycles. The number of anilines is 1. The van der Waals surface area contributed by atoms with E-state index in [-0.39, 0.29) is 5.69 Å². The van der Waals surface area contributed by atoms with E-state index in [4.69, 9.17) is 21.0 Å². The molecule has 1 rings (SSSR count). The number of nitro groups is 1. The number of nitro benzene ring substituents is 1. The summed E-state index contributed by atoms with van der Waals surface area (Å²) in [7, 11) is -4.76. The summed E-state index contributed by atoms with van der Waals surface area (Å²) in [6.45, 7) is 0. The highest BCUT2D eigenvalue weighted by Gasteiger charge is 2.24. The first-order valence-electron chi connectivity index (χ1n) is 5.01. The third-order valence-corrected chi connectivity index (χ3v) is 2.99. The second-order valence-corrected chi connectivity index (χ2v) is 4.90. The van der Waals surface area contributed by atoms with Gasteiger partial charge in [-0.05, 0) is 12.1 Å². The van der Waals surface area contributed by atoms with Crippen LogP contribution in [0.1, 0.15) is 0 Å². The van der Waals surface area contributed by atoms with Gasteiger partial charge in [-0.2, -0.15) is 18.8 Å². The first-order chi connectivity index (χ1) is 9.66. The summed E-state index contributed by atoms with van der Waals surface area (Å²) in [5.74, 6) is -0.617. The monoisotopic (exact) mass is 312 g/mol. The summed E-state index contributed by atoms with van der Waals surface area (Å²) in [5, 5.41) is 29.8. The minimum Gasteiger partial charge on any atom is -0.382 e. The van der Waals surface area contributed by atoms with Gasteiger partial charge in [-0.15, -0.1) is 0 Å². The van der Waals surface area contributed by atoms with E-state index in [1.807, 2.05) is 0 Å². The highest BCUT2D eigenvalue weighted by molar-refractivity contribution is 7.86. The number of rotatable bonds is 5. The molecular weight excluding hydrogens is 304 g/mol. The molecule has 11 nitrogen and oxygen atoms in total. The van der Waals surface area contributed by atoms with Crippen molar-refractivity contribution in [1.29, 1.82) is 10.7 Å². The van der Waals surface area contributed by atoms with Crippen molar-refractivity contribution in [2.45, 2.75) is 4.90 Å². The molecule has 0 atom stereocenters. The molecule has 21 heavy (non-hydrogen) atoms. The highest BCUT2D eigenvalue weighted by atomic mass is 32.2. The maximum absolute atomic E-state index is 11.0. The molecule has 0 spiro atoms. The molecule has 0 aliphatic carbocycles. The SMILES string of the molecule is N#C/C(=N\Nc1ccc(S(=O)(=O)O)c([N+](=O)[O-])c1)C(=N)N. The van der Waals surface area contributed by atoms with Gasteiger partial charge < -0.3 is 5.73 Å². The largest absolute Gasteiger partial charge is 0.382 e. The van der Waals surface area contributed by atoms with Gasteiger partial charge in [0.1, 0.15) is 6.07 Å². The normalized spacial score (nSPS) is 11.5. The quantitative estimate of drug-likeness (QED) is 0.192. The maximum Gasteiger partial charge on any atom is 0.301 e. The van der Waals surface area contributed by atoms with Gasteiger partial charge in [0.05, 0.1) is 10.6 Å². The number of benzene rings is 1. The van der Waals surface area contributed by atoms with Gasteiger partial charge >= 0.3 is 10.1 Å². The van der Waals surface area contributed by atoms with Crippen LogP contribution in [-0.4, -0.2) is 29.4 Å². The number of nitrogens with two attached hydrogens (primary N) is 1. The van der Waals surface area contributed by atoms with Crippen LogP contribution in [0.3, 0.4) is 0 Å². The number of amidine groups is 1. The van der Waals surface area contributed by atoms with Gasteiger partial charge in [0.15, 0.2) is 10.7 Å². The van der Waals surface area contributed by atoms with Crippen molar-refractivity contribution in [2.24, 2.45) is 10.8 Å². The molecule has 0 fully saturated rings. The van der Waals surface area contributed by atoms with Crippen LogP contribution in [0.5, 0.6) is 0 Å². The predicted molar refractivity (Wildman–Crippen MR) is 71.5 cm³/mol. The van der Waals surface area contributed by atoms with Crippen molar-refractivity contribution in [3.8, 4) is 6.07 Å². The zero-order valence-corrected chi connectivity index (χ0v) is 11.0. The van der Waals surface area contributed by atoms with E-state index in [0.717, 1.165) is 18.2 Å². The Labute approximate surface area is 118 Å². The maximum atomic E-state index is 11.0. The number of hydrogen-bond acceptors (Lipinski definition) is 8. The summed E-state index contributed by atoms with van der Waals surface area (Å²) in [5.41, 5.74) is 5.88. The standard InChI is InChI=1S/C9H8N6O5S/c10-4-6(9(11)12)14-13-5-1-2-8(21(18,19)20)7(3-5)15(16)17/h1-3,13H,(H3,11,12)(H,18,19,20)/b14-6+. The average Bonchev–Trinajstić information content (AvgIpc) is 2.37. The van der Waals surface area contributed by atoms with Gasteiger partial charge in [-0.1, -0.05) is 0 Å². The Morgan fingerprint density at radius 1 is 1.57 bits per heavy atom. The van der Waals surface area contributed by atoms with Crippen molar-refractivity contribution in [1.82, 2.24) is 0 Å². The Morgan fingerprint density at radius 2 is 2.19 bits per heavy atom. The molecule has 0 unspecified atom stereocenters.